The molecule has 3 rings (SSSR count). The molecular weight excluding hydrogens is 298 g/mol. The first-order valence-corrected chi connectivity index (χ1v) is 8.66. The van der Waals surface area contributed by atoms with E-state index < -0.39 is 0 Å². The Morgan fingerprint density at radius 2 is 1.75 bits per heavy atom. The molecule has 3 nitrogen and oxygen atoms in total. The average Bonchev–Trinajstić information content (AvgIpc) is 2.67. The molecular formula is C21H24NO2. The number of methoxy groups -OCH3 is 1. The van der Waals surface area contributed by atoms with Crippen molar-refractivity contribution in [2.45, 2.75) is 44.6 Å². The summed E-state index contributed by atoms with van der Waals surface area (Å²) >= 11 is 0. The first-order chi connectivity index (χ1) is 11.9. The zero-order valence-corrected chi connectivity index (χ0v) is 14.2. The van der Waals surface area contributed by atoms with Gasteiger partial charge in [-0.1, -0.05) is 66.9 Å². The van der Waals surface area contributed by atoms with Gasteiger partial charge in [0.05, 0.1) is 7.11 Å². The van der Waals surface area contributed by atoms with Gasteiger partial charge in [-0.15, -0.1) is 0 Å². The zero-order valence-electron chi connectivity index (χ0n) is 14.2. The predicted octanol–water partition coefficient (Wildman–Crippen LogP) is 5.17. The third-order valence-electron chi connectivity index (χ3n) is 4.64. The standard InChI is InChI=1S/C21H24NO2/c1-23-21-10-6-5-9-20(21)16-24-22-15-17-11-13-19(14-12-17)18-7-3-2-4-8-18/h5-6,9-14,18H,2-4,7-8,16H2,1H3. The smallest absolute Gasteiger partial charge is 0.145 e. The lowest BCUT2D eigenvalue weighted by Gasteiger charge is -2.21. The van der Waals surface area contributed by atoms with Gasteiger partial charge in [-0.2, -0.15) is 0 Å². The Hall–Kier alpha value is -2.29. The SMILES string of the molecule is COc1ccccc1CO/N=[C]\c1ccc(C2CCCCC2)cc1. The molecule has 1 saturated carbocycles. The van der Waals surface area contributed by atoms with Gasteiger partial charge in [-0.3, -0.25) is 0 Å². The molecule has 1 aliphatic rings. The van der Waals surface area contributed by atoms with Crippen LogP contribution in [-0.2, 0) is 11.4 Å². The Balaban J connectivity index is 1.53. The minimum Gasteiger partial charge on any atom is -0.496 e. The second-order valence-electron chi connectivity index (χ2n) is 6.25. The zero-order chi connectivity index (χ0) is 16.6. The molecule has 0 atom stereocenters. The minimum atomic E-state index is 0.372. The Bertz CT molecular complexity index is 658. The van der Waals surface area contributed by atoms with Crippen molar-refractivity contribution in [2.75, 3.05) is 7.11 Å². The van der Waals surface area contributed by atoms with Crippen LogP contribution >= 0.6 is 0 Å². The van der Waals surface area contributed by atoms with Crippen LogP contribution in [0.5, 0.6) is 5.75 Å². The molecule has 0 bridgehead atoms. The van der Waals surface area contributed by atoms with Crippen LogP contribution in [0.4, 0.5) is 0 Å². The molecule has 0 saturated heterocycles. The van der Waals surface area contributed by atoms with Crippen LogP contribution < -0.4 is 4.74 Å². The maximum Gasteiger partial charge on any atom is 0.145 e. The van der Waals surface area contributed by atoms with Crippen molar-refractivity contribution in [1.29, 1.82) is 0 Å². The van der Waals surface area contributed by atoms with E-state index in [2.05, 4.69) is 35.6 Å². The maximum atomic E-state index is 5.35. The molecule has 0 heterocycles. The lowest BCUT2D eigenvalue weighted by molar-refractivity contribution is 0.130. The monoisotopic (exact) mass is 322 g/mol. The molecule has 0 aliphatic heterocycles. The number of hydrogen-bond acceptors (Lipinski definition) is 3. The fourth-order valence-corrected chi connectivity index (χ4v) is 3.27. The van der Waals surface area contributed by atoms with Crippen molar-refractivity contribution in [3.05, 3.63) is 65.2 Å². The summed E-state index contributed by atoms with van der Waals surface area (Å²) in [6.07, 6.45) is 9.69. The van der Waals surface area contributed by atoms with Gasteiger partial charge in [0.25, 0.3) is 0 Å². The first-order valence-electron chi connectivity index (χ1n) is 8.66. The highest BCUT2D eigenvalue weighted by Gasteiger charge is 2.14. The van der Waals surface area contributed by atoms with Gasteiger partial charge in [0, 0.05) is 11.1 Å². The molecule has 2 aromatic carbocycles. The second-order valence-corrected chi connectivity index (χ2v) is 6.25. The van der Waals surface area contributed by atoms with Crippen molar-refractivity contribution in [2.24, 2.45) is 5.16 Å². The van der Waals surface area contributed by atoms with Crippen molar-refractivity contribution < 1.29 is 9.57 Å². The number of hydrogen-bond donors (Lipinski definition) is 0. The van der Waals surface area contributed by atoms with Crippen LogP contribution in [-0.4, -0.2) is 13.3 Å². The normalized spacial score (nSPS) is 15.5. The van der Waals surface area contributed by atoms with Crippen molar-refractivity contribution in [3.63, 3.8) is 0 Å². The molecule has 0 N–H and O–H groups in total. The Morgan fingerprint density at radius 1 is 1.00 bits per heavy atom. The van der Waals surface area contributed by atoms with Crippen LogP contribution in [0, 0.1) is 0 Å². The molecule has 1 aliphatic carbocycles. The molecule has 1 radical (unpaired) electrons. The molecule has 1 fully saturated rings. The fraction of sp³-hybridized carbons (Fsp3) is 0.381. The fourth-order valence-electron chi connectivity index (χ4n) is 3.27. The van der Waals surface area contributed by atoms with Gasteiger partial charge in [-0.05, 0) is 30.4 Å². The molecule has 0 spiro atoms. The minimum absolute atomic E-state index is 0.372. The van der Waals surface area contributed by atoms with E-state index >= 15 is 0 Å². The summed E-state index contributed by atoms with van der Waals surface area (Å²) in [5, 5.41) is 3.95. The lowest BCUT2D eigenvalue weighted by atomic mass is 9.84. The Labute approximate surface area is 144 Å². The quantitative estimate of drug-likeness (QED) is 0.542. The topological polar surface area (TPSA) is 30.8 Å². The Kier molecular flexibility index (Phi) is 5.89. The summed E-state index contributed by atoms with van der Waals surface area (Å²) in [4.78, 5) is 5.35. The van der Waals surface area contributed by atoms with E-state index in [0.29, 0.717) is 6.61 Å². The second kappa shape index (κ2) is 8.53. The number of ether oxygens (including phenoxy) is 1. The van der Waals surface area contributed by atoms with Crippen LogP contribution in [0.2, 0.25) is 0 Å². The van der Waals surface area contributed by atoms with Gasteiger partial charge >= 0.3 is 0 Å². The van der Waals surface area contributed by atoms with Gasteiger partial charge < -0.3 is 9.57 Å². The summed E-state index contributed by atoms with van der Waals surface area (Å²) < 4.78 is 5.29. The van der Waals surface area contributed by atoms with Gasteiger partial charge in [0.1, 0.15) is 18.6 Å². The molecule has 0 unspecified atom stereocenters. The van der Waals surface area contributed by atoms with E-state index in [4.69, 9.17) is 9.57 Å². The predicted molar refractivity (Wildman–Crippen MR) is 96.6 cm³/mol. The van der Waals surface area contributed by atoms with Crippen LogP contribution in [0.15, 0.2) is 53.7 Å². The van der Waals surface area contributed by atoms with Crippen LogP contribution in [0.25, 0.3) is 0 Å². The summed E-state index contributed by atoms with van der Waals surface area (Å²) in [6, 6.07) is 16.3. The average molecular weight is 322 g/mol. The van der Waals surface area contributed by atoms with E-state index in [1.165, 1.54) is 37.7 Å². The number of para-hydroxylation sites is 1. The molecule has 125 valence electrons. The highest BCUT2D eigenvalue weighted by molar-refractivity contribution is 5.79. The third kappa shape index (κ3) is 4.38. The summed E-state index contributed by atoms with van der Waals surface area (Å²) in [7, 11) is 1.65. The van der Waals surface area contributed by atoms with Crippen molar-refractivity contribution in [1.82, 2.24) is 0 Å². The van der Waals surface area contributed by atoms with Gasteiger partial charge in [0.2, 0.25) is 0 Å². The van der Waals surface area contributed by atoms with E-state index in [1.807, 2.05) is 24.3 Å². The number of nitrogens with zero attached hydrogens (tertiary/aromatic N) is 1. The van der Waals surface area contributed by atoms with E-state index in [1.54, 1.807) is 7.11 Å². The highest BCUT2D eigenvalue weighted by atomic mass is 16.6. The van der Waals surface area contributed by atoms with Gasteiger partial charge in [-0.25, -0.2) is 0 Å². The summed E-state index contributed by atoms with van der Waals surface area (Å²) in [5.41, 5.74) is 3.35. The largest absolute Gasteiger partial charge is 0.496 e. The molecule has 2 aromatic rings. The van der Waals surface area contributed by atoms with Gasteiger partial charge in [0.15, 0.2) is 0 Å². The molecule has 3 heteroatoms. The summed E-state index contributed by atoms with van der Waals surface area (Å²) in [6.45, 7) is 0.372. The van der Waals surface area contributed by atoms with E-state index in [9.17, 15) is 0 Å². The third-order valence-corrected chi connectivity index (χ3v) is 4.64. The summed E-state index contributed by atoms with van der Waals surface area (Å²) in [5.74, 6) is 1.54. The first kappa shape index (κ1) is 16.6. The molecule has 0 amide bonds. The molecule has 0 aromatic heterocycles. The van der Waals surface area contributed by atoms with Crippen molar-refractivity contribution in [3.8, 4) is 5.75 Å². The number of rotatable bonds is 6. The van der Waals surface area contributed by atoms with Crippen molar-refractivity contribution >= 4 is 6.21 Å². The Morgan fingerprint density at radius 3 is 2.50 bits per heavy atom. The lowest BCUT2D eigenvalue weighted by Crippen LogP contribution is -2.04. The van der Waals surface area contributed by atoms with E-state index in [0.717, 1.165) is 22.8 Å². The maximum absolute atomic E-state index is 5.35. The van der Waals surface area contributed by atoms with Crippen LogP contribution in [0.1, 0.15) is 54.7 Å². The van der Waals surface area contributed by atoms with E-state index in [-0.39, 0.29) is 0 Å². The number of benzene rings is 2. The van der Waals surface area contributed by atoms with Crippen LogP contribution in [0.3, 0.4) is 0 Å². The highest BCUT2D eigenvalue weighted by Crippen LogP contribution is 2.32. The molecule has 24 heavy (non-hydrogen) atoms.